The summed E-state index contributed by atoms with van der Waals surface area (Å²) in [5.41, 5.74) is 9.50. The van der Waals surface area contributed by atoms with Crippen LogP contribution in [-0.2, 0) is 62.3 Å². The molecule has 0 unspecified atom stereocenters. The second-order valence-corrected chi connectivity index (χ2v) is 23.9. The molecule has 10 rings (SSSR count). The Bertz CT molecular complexity index is 3000. The third-order valence-electron chi connectivity index (χ3n) is 16.8. The second kappa shape index (κ2) is 22.1. The Kier molecular flexibility index (Phi) is 15.6. The Balaban J connectivity index is 0.950. The Hall–Kier alpha value is -5.94. The smallest absolute Gasteiger partial charge is 0.323 e. The van der Waals surface area contributed by atoms with E-state index in [1.165, 1.54) is 5.01 Å². The normalized spacial score (nSPS) is 26.0. The number of methoxy groups -OCH3 is 1. The predicted molar refractivity (Wildman–Crippen MR) is 291 cm³/mol. The molecule has 18 heteroatoms. The van der Waals surface area contributed by atoms with Crippen molar-refractivity contribution in [1.29, 1.82) is 0 Å². The van der Waals surface area contributed by atoms with Crippen LogP contribution >= 0.6 is 0 Å². The van der Waals surface area contributed by atoms with Crippen molar-refractivity contribution in [2.24, 2.45) is 16.7 Å². The van der Waals surface area contributed by atoms with Gasteiger partial charge in [0, 0.05) is 80.9 Å². The number of cyclic esters (lactones) is 1. The highest BCUT2D eigenvalue weighted by molar-refractivity contribution is 6.27. The van der Waals surface area contributed by atoms with Crippen molar-refractivity contribution >= 4 is 50.7 Å². The molecule has 2 aromatic carbocycles. The highest BCUT2D eigenvalue weighted by Crippen LogP contribution is 2.44. The molecular formula is C59H73N8O9Si. The van der Waals surface area contributed by atoms with Gasteiger partial charge in [-0.1, -0.05) is 63.9 Å². The lowest BCUT2D eigenvalue weighted by atomic mass is 9.84. The number of hydrogen-bond donors (Lipinski definition) is 2. The summed E-state index contributed by atoms with van der Waals surface area (Å²) in [5, 5.41) is 4.19. The fourth-order valence-corrected chi connectivity index (χ4v) is 12.8. The minimum absolute atomic E-state index is 0.0855. The molecule has 3 radical (unpaired) electrons. The van der Waals surface area contributed by atoms with E-state index < -0.39 is 45.9 Å². The van der Waals surface area contributed by atoms with E-state index in [0.29, 0.717) is 78.2 Å². The van der Waals surface area contributed by atoms with E-state index in [-0.39, 0.29) is 62.0 Å². The molecule has 6 atom stereocenters. The SMILES string of the molecule is CCn1c(-c2cccnc2[C@H](C)OC)c2c3cc(ccc31)-c1cccc(c1)C[C@H](NC(=O)[C@H](C(C)C)N1CC[C@]3(CCN(C(=O)C#C[C@H]4COCCN4C4COC4)C3)C1=O)C(=O)N1CCC[C@@]([Si])(N1)C(=O)OCC(C)(C)C2. The number of carbonyl (C=O) groups excluding carboxylic acids is 5. The van der Waals surface area contributed by atoms with Gasteiger partial charge in [-0.3, -0.25) is 38.9 Å². The number of fused-ring (bicyclic) bond motifs is 6. The topological polar surface area (TPSA) is 177 Å². The number of amides is 4. The summed E-state index contributed by atoms with van der Waals surface area (Å²) in [6.45, 7) is 17.2. The first kappa shape index (κ1) is 54.4. The molecule has 4 amide bonds. The summed E-state index contributed by atoms with van der Waals surface area (Å²) >= 11 is 0. The molecule has 6 aliphatic heterocycles. The number of nitrogens with one attached hydrogen (secondary N) is 2. The van der Waals surface area contributed by atoms with Crippen LogP contribution in [0, 0.1) is 28.6 Å². The molecule has 4 aromatic rings. The van der Waals surface area contributed by atoms with Crippen LogP contribution in [0.15, 0.2) is 60.8 Å². The van der Waals surface area contributed by atoms with Crippen LogP contribution in [0.5, 0.6) is 0 Å². The number of nitrogens with zero attached hydrogens (tertiary/aromatic N) is 6. The van der Waals surface area contributed by atoms with Gasteiger partial charge in [-0.15, -0.1) is 0 Å². The lowest BCUT2D eigenvalue weighted by Gasteiger charge is -2.42. The zero-order valence-electron chi connectivity index (χ0n) is 45.6. The third kappa shape index (κ3) is 10.7. The number of carbonyl (C=O) groups is 5. The van der Waals surface area contributed by atoms with Crippen molar-refractivity contribution in [3.8, 4) is 34.2 Å². The number of hydrazine groups is 1. The number of benzene rings is 2. The van der Waals surface area contributed by atoms with Crippen molar-refractivity contribution in [1.82, 2.24) is 40.0 Å². The van der Waals surface area contributed by atoms with E-state index in [1.807, 2.05) is 39.0 Å². The zero-order valence-corrected chi connectivity index (χ0v) is 46.6. The number of esters is 1. The Morgan fingerprint density at radius 1 is 0.961 bits per heavy atom. The van der Waals surface area contributed by atoms with Gasteiger partial charge in [-0.05, 0) is 104 Å². The van der Waals surface area contributed by atoms with Crippen LogP contribution in [0.2, 0.25) is 0 Å². The van der Waals surface area contributed by atoms with Gasteiger partial charge in [0.05, 0.1) is 78.3 Å². The second-order valence-electron chi connectivity index (χ2n) is 23.1. The van der Waals surface area contributed by atoms with Gasteiger partial charge in [0.2, 0.25) is 11.8 Å². The van der Waals surface area contributed by atoms with E-state index in [0.717, 1.165) is 56.7 Å². The number of hydrogen-bond acceptors (Lipinski definition) is 12. The van der Waals surface area contributed by atoms with Crippen molar-refractivity contribution < 1.29 is 42.9 Å². The number of aryl methyl sites for hydroxylation is 1. The summed E-state index contributed by atoms with van der Waals surface area (Å²) < 4.78 is 25.5. The van der Waals surface area contributed by atoms with E-state index in [1.54, 1.807) is 23.1 Å². The molecule has 1 spiro atoms. The van der Waals surface area contributed by atoms with Crippen LogP contribution < -0.4 is 10.7 Å². The Labute approximate surface area is 455 Å². The summed E-state index contributed by atoms with van der Waals surface area (Å²) in [4.78, 5) is 83.1. The molecular weight excluding hydrogens is 993 g/mol. The lowest BCUT2D eigenvalue weighted by Crippen LogP contribution is -2.67. The minimum Gasteiger partial charge on any atom is -0.464 e. The van der Waals surface area contributed by atoms with Crippen LogP contribution in [0.3, 0.4) is 0 Å². The summed E-state index contributed by atoms with van der Waals surface area (Å²) in [6.07, 6.45) is 3.97. The van der Waals surface area contributed by atoms with E-state index in [4.69, 9.17) is 23.9 Å². The first-order valence-corrected chi connectivity index (χ1v) is 28.0. The van der Waals surface area contributed by atoms with Gasteiger partial charge in [-0.2, -0.15) is 0 Å². The van der Waals surface area contributed by atoms with Crippen LogP contribution in [0.4, 0.5) is 0 Å². The predicted octanol–water partition coefficient (Wildman–Crippen LogP) is 4.82. The van der Waals surface area contributed by atoms with Crippen molar-refractivity contribution in [2.75, 3.05) is 72.9 Å². The average molecular weight is 1070 g/mol. The molecule has 17 nitrogen and oxygen atoms in total. The molecule has 77 heavy (non-hydrogen) atoms. The lowest BCUT2D eigenvalue weighted by molar-refractivity contribution is -0.158. The van der Waals surface area contributed by atoms with Gasteiger partial charge in [0.15, 0.2) is 0 Å². The van der Waals surface area contributed by atoms with E-state index >= 15 is 4.79 Å². The molecule has 0 saturated carbocycles. The molecule has 2 aromatic heterocycles. The van der Waals surface area contributed by atoms with Crippen LogP contribution in [-0.4, -0.2) is 171 Å². The number of ether oxygens (including phenoxy) is 4. The van der Waals surface area contributed by atoms with E-state index in [2.05, 4.69) is 99.5 Å². The van der Waals surface area contributed by atoms with Gasteiger partial charge in [0.1, 0.15) is 17.2 Å². The zero-order chi connectivity index (χ0) is 54.4. The summed E-state index contributed by atoms with van der Waals surface area (Å²) in [7, 11) is 5.45. The Morgan fingerprint density at radius 2 is 1.75 bits per heavy atom. The van der Waals surface area contributed by atoms with Crippen LogP contribution in [0.1, 0.15) is 90.2 Å². The van der Waals surface area contributed by atoms with Crippen molar-refractivity contribution in [3.05, 3.63) is 77.6 Å². The molecule has 5 fully saturated rings. The largest absolute Gasteiger partial charge is 0.464 e. The molecule has 5 saturated heterocycles. The summed E-state index contributed by atoms with van der Waals surface area (Å²) in [5.74, 6) is 3.76. The van der Waals surface area contributed by atoms with Crippen molar-refractivity contribution in [2.45, 2.75) is 122 Å². The average Bonchev–Trinajstić information content (AvgIpc) is 4.14. The molecule has 2 N–H and O–H groups in total. The van der Waals surface area contributed by atoms with E-state index in [9.17, 15) is 19.2 Å². The number of aromatic nitrogens is 2. The fourth-order valence-electron chi connectivity index (χ4n) is 12.5. The number of pyridine rings is 1. The standard InChI is InChI=1S/C59H73N8O9Si/c1-8-64-48-17-15-41-30-45(48)46(52(64)44-14-10-22-60-50(44)38(4)73-7)31-57(5,6)36-76-56(72)59(77)19-11-23-67(62-59)54(70)47(29-39-12-9-13-40(41)28-39)61-53(69)51(37(2)3)66-25-21-58(55(66)71)20-24-63(35-58)49(68)18-16-42-32-74-27-26-65(42)43-33-75-34-43/h9-10,12-15,17,22,28,30,37-38,42-43,47,51,62H,8,11,19-21,23-27,29,31-36H2,1-7H3,(H,61,69)/t38-,42-,47-,51-,58-,59-/m0/s1. The monoisotopic (exact) mass is 1070 g/mol. The first-order chi connectivity index (χ1) is 36.9. The maximum Gasteiger partial charge on any atom is 0.323 e. The molecule has 6 aliphatic rings. The molecule has 6 bridgehead atoms. The summed E-state index contributed by atoms with van der Waals surface area (Å²) in [6, 6.07) is 16.7. The third-order valence-corrected chi connectivity index (χ3v) is 17.3. The maximum absolute atomic E-state index is 15.1. The van der Waals surface area contributed by atoms with Crippen LogP contribution in [0.25, 0.3) is 33.3 Å². The minimum atomic E-state index is -1.43. The number of rotatable bonds is 9. The maximum atomic E-state index is 15.1. The van der Waals surface area contributed by atoms with Gasteiger partial charge in [-0.25, -0.2) is 5.43 Å². The van der Waals surface area contributed by atoms with Gasteiger partial charge in [0.25, 0.3) is 11.8 Å². The first-order valence-electron chi connectivity index (χ1n) is 27.5. The Morgan fingerprint density at radius 3 is 2.51 bits per heavy atom. The van der Waals surface area contributed by atoms with Gasteiger partial charge < -0.3 is 38.6 Å². The fraction of sp³-hybridized carbons (Fsp3) is 0.559. The van der Waals surface area contributed by atoms with Crippen molar-refractivity contribution in [3.63, 3.8) is 0 Å². The quantitative estimate of drug-likeness (QED) is 0.133. The molecule has 0 aliphatic carbocycles. The molecule has 407 valence electrons. The number of morpholine rings is 1. The molecule has 8 heterocycles. The highest BCUT2D eigenvalue weighted by Gasteiger charge is 2.54. The highest BCUT2D eigenvalue weighted by atomic mass is 28.1. The number of likely N-dealkylation sites (tertiary alicyclic amines) is 2. The van der Waals surface area contributed by atoms with Gasteiger partial charge >= 0.3 is 5.97 Å².